The van der Waals surface area contributed by atoms with Crippen LogP contribution in [0.5, 0.6) is 5.75 Å². The third-order valence-corrected chi connectivity index (χ3v) is 3.45. The minimum atomic E-state index is 0.463. The van der Waals surface area contributed by atoms with E-state index < -0.39 is 0 Å². The van der Waals surface area contributed by atoms with Crippen molar-refractivity contribution in [2.24, 2.45) is 0 Å². The second-order valence-electron chi connectivity index (χ2n) is 4.53. The predicted molar refractivity (Wildman–Crippen MR) is 79.1 cm³/mol. The number of fused-ring (bicyclic) bond motifs is 1. The molecule has 20 heavy (non-hydrogen) atoms. The van der Waals surface area contributed by atoms with Crippen molar-refractivity contribution < 1.29 is 4.74 Å². The summed E-state index contributed by atoms with van der Waals surface area (Å²) in [5.41, 5.74) is 8.92. The van der Waals surface area contributed by atoms with Crippen molar-refractivity contribution in [2.75, 3.05) is 12.8 Å². The molecule has 0 saturated heterocycles. The molecule has 0 aliphatic rings. The third kappa shape index (κ3) is 1.96. The van der Waals surface area contributed by atoms with Crippen molar-refractivity contribution in [3.8, 4) is 17.1 Å². The first-order valence-corrected chi connectivity index (χ1v) is 6.42. The number of nitrogen functional groups attached to an aromatic ring is 1. The van der Waals surface area contributed by atoms with E-state index in [1.54, 1.807) is 19.2 Å². The monoisotopic (exact) mass is 288 g/mol. The first-order valence-electron chi connectivity index (χ1n) is 6.05. The number of aryl methyl sites for hydroxylation is 1. The number of aromatic nitrogens is 3. The van der Waals surface area contributed by atoms with Crippen LogP contribution in [0.15, 0.2) is 30.5 Å². The molecular formula is C14H13ClN4O. The summed E-state index contributed by atoms with van der Waals surface area (Å²) in [6.07, 6.45) is 1.92. The molecule has 3 aromatic rings. The van der Waals surface area contributed by atoms with Crippen molar-refractivity contribution in [1.82, 2.24) is 14.6 Å². The molecule has 2 aromatic heterocycles. The van der Waals surface area contributed by atoms with Crippen LogP contribution in [0.2, 0.25) is 5.02 Å². The molecule has 0 aliphatic carbocycles. The number of pyridine rings is 1. The van der Waals surface area contributed by atoms with Crippen LogP contribution in [0.3, 0.4) is 0 Å². The first-order chi connectivity index (χ1) is 9.60. The Morgan fingerprint density at radius 2 is 2.05 bits per heavy atom. The van der Waals surface area contributed by atoms with Crippen LogP contribution in [-0.2, 0) is 0 Å². The van der Waals surface area contributed by atoms with Gasteiger partial charge in [-0.1, -0.05) is 11.6 Å². The number of nitrogens with zero attached hydrogens (tertiary/aromatic N) is 3. The van der Waals surface area contributed by atoms with E-state index >= 15 is 0 Å². The number of rotatable bonds is 2. The maximum absolute atomic E-state index is 6.10. The Morgan fingerprint density at radius 1 is 1.25 bits per heavy atom. The quantitative estimate of drug-likeness (QED) is 0.736. The van der Waals surface area contributed by atoms with E-state index in [1.165, 1.54) is 0 Å². The largest absolute Gasteiger partial charge is 0.496 e. The molecule has 0 unspecified atom stereocenters. The SMILES string of the molecule is COc1cc(N)c(Cl)cc1-c1nnc2cc(C)ccn12. The fourth-order valence-corrected chi connectivity index (χ4v) is 2.25. The Morgan fingerprint density at radius 3 is 2.80 bits per heavy atom. The fraction of sp³-hybridized carbons (Fsp3) is 0.143. The zero-order valence-corrected chi connectivity index (χ0v) is 11.8. The highest BCUT2D eigenvalue weighted by Crippen LogP contribution is 2.35. The molecule has 0 spiro atoms. The molecule has 5 nitrogen and oxygen atoms in total. The standard InChI is InChI=1S/C14H13ClN4O/c1-8-3-4-19-13(5-8)17-18-14(19)9-6-10(15)11(16)7-12(9)20-2/h3-7H,16H2,1-2H3. The van der Waals surface area contributed by atoms with E-state index in [-0.39, 0.29) is 0 Å². The number of hydrogen-bond donors (Lipinski definition) is 1. The van der Waals surface area contributed by atoms with Crippen LogP contribution >= 0.6 is 11.6 Å². The number of ether oxygens (including phenoxy) is 1. The summed E-state index contributed by atoms with van der Waals surface area (Å²) in [4.78, 5) is 0. The molecule has 3 rings (SSSR count). The average molecular weight is 289 g/mol. The van der Waals surface area contributed by atoms with Gasteiger partial charge in [-0.3, -0.25) is 4.40 Å². The summed E-state index contributed by atoms with van der Waals surface area (Å²) in [7, 11) is 1.58. The minimum absolute atomic E-state index is 0.463. The molecule has 1 aromatic carbocycles. The van der Waals surface area contributed by atoms with Crippen molar-refractivity contribution in [3.63, 3.8) is 0 Å². The summed E-state index contributed by atoms with van der Waals surface area (Å²) in [6.45, 7) is 2.01. The van der Waals surface area contributed by atoms with Gasteiger partial charge in [-0.25, -0.2) is 0 Å². The molecule has 0 amide bonds. The fourth-order valence-electron chi connectivity index (χ4n) is 2.09. The Labute approximate surface area is 121 Å². The third-order valence-electron chi connectivity index (χ3n) is 3.13. The molecule has 102 valence electrons. The van der Waals surface area contributed by atoms with Gasteiger partial charge in [-0.05, 0) is 30.7 Å². The van der Waals surface area contributed by atoms with Gasteiger partial charge in [0, 0.05) is 12.3 Å². The number of anilines is 1. The molecule has 0 fully saturated rings. The molecule has 0 bridgehead atoms. The number of hydrogen-bond acceptors (Lipinski definition) is 4. The van der Waals surface area contributed by atoms with E-state index in [2.05, 4.69) is 10.2 Å². The molecule has 0 saturated carbocycles. The second kappa shape index (κ2) is 4.68. The van der Waals surface area contributed by atoms with Crippen LogP contribution < -0.4 is 10.5 Å². The van der Waals surface area contributed by atoms with Gasteiger partial charge in [0.2, 0.25) is 0 Å². The molecule has 0 aliphatic heterocycles. The summed E-state index contributed by atoms with van der Waals surface area (Å²) in [5.74, 6) is 1.28. The van der Waals surface area contributed by atoms with Gasteiger partial charge >= 0.3 is 0 Å². The highest BCUT2D eigenvalue weighted by molar-refractivity contribution is 6.33. The van der Waals surface area contributed by atoms with Gasteiger partial charge in [-0.2, -0.15) is 0 Å². The van der Waals surface area contributed by atoms with Gasteiger partial charge in [-0.15, -0.1) is 10.2 Å². The molecule has 2 heterocycles. The minimum Gasteiger partial charge on any atom is -0.496 e. The molecule has 0 radical (unpaired) electrons. The van der Waals surface area contributed by atoms with E-state index in [1.807, 2.05) is 29.7 Å². The van der Waals surface area contributed by atoms with Crippen molar-refractivity contribution >= 4 is 22.9 Å². The lowest BCUT2D eigenvalue weighted by atomic mass is 10.1. The van der Waals surface area contributed by atoms with Crippen LogP contribution in [0.1, 0.15) is 5.56 Å². The van der Waals surface area contributed by atoms with Crippen LogP contribution in [0.4, 0.5) is 5.69 Å². The highest BCUT2D eigenvalue weighted by atomic mass is 35.5. The Hall–Kier alpha value is -2.27. The lowest BCUT2D eigenvalue weighted by Crippen LogP contribution is -1.96. The number of halogens is 1. The zero-order chi connectivity index (χ0) is 14.3. The van der Waals surface area contributed by atoms with E-state index in [0.717, 1.165) is 16.8 Å². The number of nitrogens with two attached hydrogens (primary N) is 1. The van der Waals surface area contributed by atoms with Crippen molar-refractivity contribution in [1.29, 1.82) is 0 Å². The van der Waals surface area contributed by atoms with Gasteiger partial charge in [0.05, 0.1) is 23.4 Å². The summed E-state index contributed by atoms with van der Waals surface area (Å²) in [5, 5.41) is 8.85. The summed E-state index contributed by atoms with van der Waals surface area (Å²) >= 11 is 6.10. The van der Waals surface area contributed by atoms with Gasteiger partial charge < -0.3 is 10.5 Å². The number of methoxy groups -OCH3 is 1. The van der Waals surface area contributed by atoms with Crippen molar-refractivity contribution in [3.05, 3.63) is 41.0 Å². The molecule has 6 heteroatoms. The molecule has 2 N–H and O–H groups in total. The van der Waals surface area contributed by atoms with Crippen molar-refractivity contribution in [2.45, 2.75) is 6.92 Å². The Balaban J connectivity index is 2.28. The number of benzene rings is 1. The van der Waals surface area contributed by atoms with Gasteiger partial charge in [0.1, 0.15) is 5.75 Å². The summed E-state index contributed by atoms with van der Waals surface area (Å²) in [6, 6.07) is 7.38. The van der Waals surface area contributed by atoms with Crippen LogP contribution in [-0.4, -0.2) is 21.7 Å². The van der Waals surface area contributed by atoms with Crippen LogP contribution in [0, 0.1) is 6.92 Å². The second-order valence-corrected chi connectivity index (χ2v) is 4.94. The maximum atomic E-state index is 6.10. The average Bonchev–Trinajstić information content (AvgIpc) is 2.84. The first kappa shape index (κ1) is 12.7. The van der Waals surface area contributed by atoms with Gasteiger partial charge in [0.25, 0.3) is 0 Å². The molecule has 0 atom stereocenters. The maximum Gasteiger partial charge on any atom is 0.172 e. The zero-order valence-electron chi connectivity index (χ0n) is 11.1. The van der Waals surface area contributed by atoms with E-state index in [9.17, 15) is 0 Å². The topological polar surface area (TPSA) is 65.4 Å². The van der Waals surface area contributed by atoms with E-state index in [4.69, 9.17) is 22.1 Å². The normalized spacial score (nSPS) is 10.9. The Kier molecular flexibility index (Phi) is 2.99. The summed E-state index contributed by atoms with van der Waals surface area (Å²) < 4.78 is 7.24. The highest BCUT2D eigenvalue weighted by Gasteiger charge is 2.15. The van der Waals surface area contributed by atoms with Crippen LogP contribution in [0.25, 0.3) is 17.0 Å². The molecular weight excluding hydrogens is 276 g/mol. The lowest BCUT2D eigenvalue weighted by Gasteiger charge is -2.09. The lowest BCUT2D eigenvalue weighted by molar-refractivity contribution is 0.416. The van der Waals surface area contributed by atoms with E-state index in [0.29, 0.717) is 22.3 Å². The smallest absolute Gasteiger partial charge is 0.172 e. The Bertz CT molecular complexity index is 797. The predicted octanol–water partition coefficient (Wildman–Crippen LogP) is 2.95. The van der Waals surface area contributed by atoms with Gasteiger partial charge in [0.15, 0.2) is 11.5 Å².